The van der Waals surface area contributed by atoms with E-state index in [1.807, 2.05) is 6.07 Å². The van der Waals surface area contributed by atoms with E-state index in [1.54, 1.807) is 50.5 Å². The average molecular weight is 401 g/mol. The summed E-state index contributed by atoms with van der Waals surface area (Å²) in [5.74, 6) is -0.630. The second-order valence-electron chi connectivity index (χ2n) is 5.87. The summed E-state index contributed by atoms with van der Waals surface area (Å²) in [4.78, 5) is 24.5. The number of hydrogen-bond donors (Lipinski definition) is 1. The fraction of sp³-hybridized carbons (Fsp3) is 0.105. The quantitative estimate of drug-likeness (QED) is 0.537. The molecule has 1 amide bonds. The van der Waals surface area contributed by atoms with Gasteiger partial charge in [0.15, 0.2) is 0 Å². The molecule has 0 aliphatic carbocycles. The Morgan fingerprint density at radius 1 is 1.11 bits per heavy atom. The summed E-state index contributed by atoms with van der Waals surface area (Å²) in [5, 5.41) is 12.5. The number of nitriles is 1. The topological polar surface area (TPSA) is 79.8 Å². The number of nitrogens with one attached hydrogen (secondary N) is 1. The monoisotopic (exact) mass is 400 g/mol. The van der Waals surface area contributed by atoms with Crippen LogP contribution in [-0.2, 0) is 18.9 Å². The Morgan fingerprint density at radius 3 is 2.37 bits per heavy atom. The van der Waals surface area contributed by atoms with Crippen molar-refractivity contribution in [2.24, 2.45) is 14.1 Å². The number of imidazole rings is 1. The zero-order valence-electron chi connectivity index (χ0n) is 14.5. The van der Waals surface area contributed by atoms with Crippen molar-refractivity contribution in [3.8, 4) is 6.07 Å². The van der Waals surface area contributed by atoms with E-state index in [2.05, 4.69) is 5.32 Å². The Balaban J connectivity index is 1.98. The maximum absolute atomic E-state index is 12.5. The van der Waals surface area contributed by atoms with Crippen LogP contribution in [0, 0.1) is 11.3 Å². The van der Waals surface area contributed by atoms with Crippen LogP contribution < -0.4 is 11.0 Å². The SMILES string of the molecule is Cn1c(=O)n(C)c2cc(/C=C(\C#N)C(=O)Nc3c(Cl)cccc3Cl)ccc21. The molecule has 0 radical (unpaired) electrons. The standard InChI is InChI=1S/C19H14Cl2N4O2/c1-24-15-7-6-11(9-16(15)25(2)19(24)27)8-12(10-22)18(26)23-17-13(20)4-3-5-14(17)21/h3-9H,1-2H3,(H,23,26)/b12-8+. The van der Waals surface area contributed by atoms with Gasteiger partial charge in [0.05, 0.1) is 26.8 Å². The molecule has 2 aromatic carbocycles. The number of amides is 1. The van der Waals surface area contributed by atoms with Gasteiger partial charge >= 0.3 is 5.69 Å². The zero-order valence-corrected chi connectivity index (χ0v) is 16.0. The van der Waals surface area contributed by atoms with Crippen molar-refractivity contribution in [2.45, 2.75) is 0 Å². The van der Waals surface area contributed by atoms with E-state index in [-0.39, 0.29) is 27.0 Å². The lowest BCUT2D eigenvalue weighted by molar-refractivity contribution is -0.112. The molecule has 0 unspecified atom stereocenters. The van der Waals surface area contributed by atoms with Crippen LogP contribution in [0.15, 0.2) is 46.8 Å². The molecule has 0 spiro atoms. The van der Waals surface area contributed by atoms with Crippen LogP contribution in [0.2, 0.25) is 10.0 Å². The Hall–Kier alpha value is -3.01. The van der Waals surface area contributed by atoms with E-state index in [0.717, 1.165) is 5.52 Å². The van der Waals surface area contributed by atoms with Gasteiger partial charge in [-0.3, -0.25) is 13.9 Å². The van der Waals surface area contributed by atoms with Crippen LogP contribution in [0.3, 0.4) is 0 Å². The molecule has 0 saturated heterocycles. The first-order chi connectivity index (χ1) is 12.8. The van der Waals surface area contributed by atoms with Crippen molar-refractivity contribution in [2.75, 3.05) is 5.32 Å². The summed E-state index contributed by atoms with van der Waals surface area (Å²) in [7, 11) is 3.34. The van der Waals surface area contributed by atoms with Gasteiger partial charge in [0, 0.05) is 14.1 Å². The third-order valence-electron chi connectivity index (χ3n) is 4.17. The third kappa shape index (κ3) is 3.47. The molecular formula is C19H14Cl2N4O2. The van der Waals surface area contributed by atoms with Gasteiger partial charge in [0.1, 0.15) is 11.6 Å². The Kier molecular flexibility index (Phi) is 5.08. The largest absolute Gasteiger partial charge is 0.328 e. The van der Waals surface area contributed by atoms with E-state index in [9.17, 15) is 14.9 Å². The normalized spacial score (nSPS) is 11.4. The second kappa shape index (κ2) is 7.31. The van der Waals surface area contributed by atoms with Gasteiger partial charge in [-0.2, -0.15) is 5.26 Å². The van der Waals surface area contributed by atoms with E-state index in [1.165, 1.54) is 15.2 Å². The molecule has 1 aromatic heterocycles. The number of carbonyl (C=O) groups is 1. The number of benzene rings is 2. The minimum Gasteiger partial charge on any atom is -0.319 e. The molecule has 0 aliphatic rings. The number of halogens is 2. The molecule has 6 nitrogen and oxygen atoms in total. The minimum absolute atomic E-state index is 0.119. The number of fused-ring (bicyclic) bond motifs is 1. The molecule has 0 atom stereocenters. The van der Waals surface area contributed by atoms with Gasteiger partial charge < -0.3 is 5.32 Å². The summed E-state index contributed by atoms with van der Waals surface area (Å²) in [6.45, 7) is 0. The van der Waals surface area contributed by atoms with Crippen molar-refractivity contribution in [3.05, 3.63) is 68.1 Å². The molecule has 3 rings (SSSR count). The van der Waals surface area contributed by atoms with Crippen LogP contribution in [-0.4, -0.2) is 15.0 Å². The number of carbonyl (C=O) groups excluding carboxylic acids is 1. The van der Waals surface area contributed by atoms with Gasteiger partial charge in [-0.1, -0.05) is 35.3 Å². The number of nitrogens with zero attached hydrogens (tertiary/aromatic N) is 3. The minimum atomic E-state index is -0.630. The summed E-state index contributed by atoms with van der Waals surface area (Å²) >= 11 is 12.1. The van der Waals surface area contributed by atoms with Gasteiger partial charge in [-0.05, 0) is 35.9 Å². The molecule has 8 heteroatoms. The first-order valence-corrected chi connectivity index (χ1v) is 8.61. The maximum Gasteiger partial charge on any atom is 0.328 e. The van der Waals surface area contributed by atoms with E-state index in [0.29, 0.717) is 11.1 Å². The first kappa shape index (κ1) is 18.8. The lowest BCUT2D eigenvalue weighted by Crippen LogP contribution is -2.19. The number of rotatable bonds is 3. The predicted molar refractivity (Wildman–Crippen MR) is 107 cm³/mol. The smallest absolute Gasteiger partial charge is 0.319 e. The average Bonchev–Trinajstić information content (AvgIpc) is 2.86. The number of aromatic nitrogens is 2. The van der Waals surface area contributed by atoms with Gasteiger partial charge in [0.25, 0.3) is 5.91 Å². The summed E-state index contributed by atoms with van der Waals surface area (Å²) < 4.78 is 3.03. The molecule has 0 fully saturated rings. The van der Waals surface area contributed by atoms with Crippen LogP contribution >= 0.6 is 23.2 Å². The Labute approximate surface area is 164 Å². The Bertz CT molecular complexity index is 1180. The third-order valence-corrected chi connectivity index (χ3v) is 4.80. The highest BCUT2D eigenvalue weighted by Crippen LogP contribution is 2.30. The van der Waals surface area contributed by atoms with Crippen molar-refractivity contribution in [1.82, 2.24) is 9.13 Å². The number of aryl methyl sites for hydroxylation is 2. The van der Waals surface area contributed by atoms with Gasteiger partial charge in [-0.15, -0.1) is 0 Å². The highest BCUT2D eigenvalue weighted by molar-refractivity contribution is 6.40. The zero-order chi connectivity index (χ0) is 19.7. The van der Waals surface area contributed by atoms with E-state index < -0.39 is 5.91 Å². The molecule has 3 aromatic rings. The summed E-state index contributed by atoms with van der Waals surface area (Å²) in [6, 6.07) is 11.9. The molecule has 0 bridgehead atoms. The second-order valence-corrected chi connectivity index (χ2v) is 6.68. The molecule has 0 aliphatic heterocycles. The lowest BCUT2D eigenvalue weighted by atomic mass is 10.1. The molecule has 1 heterocycles. The van der Waals surface area contributed by atoms with Crippen LogP contribution in [0.4, 0.5) is 5.69 Å². The van der Waals surface area contributed by atoms with Gasteiger partial charge in [-0.25, -0.2) is 4.79 Å². The van der Waals surface area contributed by atoms with E-state index >= 15 is 0 Å². The highest BCUT2D eigenvalue weighted by atomic mass is 35.5. The Morgan fingerprint density at radius 2 is 1.74 bits per heavy atom. The molecule has 0 saturated carbocycles. The van der Waals surface area contributed by atoms with Crippen LogP contribution in [0.1, 0.15) is 5.56 Å². The van der Waals surface area contributed by atoms with Crippen molar-refractivity contribution >= 4 is 51.9 Å². The fourth-order valence-corrected chi connectivity index (χ4v) is 3.22. The van der Waals surface area contributed by atoms with Crippen molar-refractivity contribution in [3.63, 3.8) is 0 Å². The van der Waals surface area contributed by atoms with Crippen LogP contribution in [0.25, 0.3) is 17.1 Å². The van der Waals surface area contributed by atoms with Gasteiger partial charge in [0.2, 0.25) is 0 Å². The van der Waals surface area contributed by atoms with Crippen LogP contribution in [0.5, 0.6) is 0 Å². The van der Waals surface area contributed by atoms with E-state index in [4.69, 9.17) is 23.2 Å². The summed E-state index contributed by atoms with van der Waals surface area (Å²) in [6.07, 6.45) is 1.44. The molecule has 1 N–H and O–H groups in total. The molecule has 136 valence electrons. The molecular weight excluding hydrogens is 387 g/mol. The maximum atomic E-state index is 12.5. The number of anilines is 1. The predicted octanol–water partition coefficient (Wildman–Crippen LogP) is 3.73. The lowest BCUT2D eigenvalue weighted by Gasteiger charge is -2.08. The molecule has 27 heavy (non-hydrogen) atoms. The van der Waals surface area contributed by atoms with Crippen molar-refractivity contribution in [1.29, 1.82) is 5.26 Å². The number of hydrogen-bond acceptors (Lipinski definition) is 3. The summed E-state index contributed by atoms with van der Waals surface area (Å²) in [5.41, 5.74) is 2.03. The van der Waals surface area contributed by atoms with Crippen molar-refractivity contribution < 1.29 is 4.79 Å². The number of para-hydroxylation sites is 1. The first-order valence-electron chi connectivity index (χ1n) is 7.86. The highest BCUT2D eigenvalue weighted by Gasteiger charge is 2.14. The fourth-order valence-electron chi connectivity index (χ4n) is 2.73.